The van der Waals surface area contributed by atoms with Crippen molar-refractivity contribution in [2.75, 3.05) is 6.61 Å². The molecule has 14 heavy (non-hydrogen) atoms. The zero-order valence-corrected chi connectivity index (χ0v) is 8.84. The molecule has 0 spiro atoms. The molecule has 0 rings (SSSR count). The number of esters is 1. The molecule has 0 aromatic rings. The molecule has 0 fully saturated rings. The number of halogens is 5. The fourth-order valence-electron chi connectivity index (χ4n) is 0.516. The molecule has 7 heteroatoms. The minimum Gasteiger partial charge on any atom is -0.462 e. The molecule has 0 aromatic carbocycles. The zero-order valence-electron chi connectivity index (χ0n) is 7.33. The molecule has 0 saturated carbocycles. The van der Waals surface area contributed by atoms with Gasteiger partial charge in [0.2, 0.25) is 0 Å². The Morgan fingerprint density at radius 3 is 2.21 bits per heavy atom. The molecule has 84 valence electrons. The fraction of sp³-hybridized carbons (Fsp3) is 0.857. The molecule has 0 aliphatic rings. The lowest BCUT2D eigenvalue weighted by atomic mass is 10.3. The van der Waals surface area contributed by atoms with Crippen LogP contribution >= 0.6 is 23.2 Å². The van der Waals surface area contributed by atoms with Gasteiger partial charge in [-0.1, -0.05) is 24.9 Å². The second-order valence-electron chi connectivity index (χ2n) is 2.56. The number of hydrogen-bond acceptors (Lipinski definition) is 2. The Morgan fingerprint density at radius 1 is 1.36 bits per heavy atom. The van der Waals surface area contributed by atoms with Crippen molar-refractivity contribution in [3.8, 4) is 0 Å². The minimum atomic E-state index is -4.49. The zero-order chi connectivity index (χ0) is 11.4. The molecule has 0 saturated heterocycles. The largest absolute Gasteiger partial charge is 0.462 e. The van der Waals surface area contributed by atoms with E-state index in [2.05, 4.69) is 27.9 Å². The van der Waals surface area contributed by atoms with Gasteiger partial charge < -0.3 is 4.74 Å². The Bertz CT molecular complexity index is 204. The Morgan fingerprint density at radius 2 is 1.86 bits per heavy atom. The van der Waals surface area contributed by atoms with E-state index in [1.807, 2.05) is 0 Å². The number of ether oxygens (including phenoxy) is 1. The molecule has 0 N–H and O–H groups in total. The molecule has 0 aliphatic heterocycles. The van der Waals surface area contributed by atoms with E-state index < -0.39 is 16.5 Å². The number of rotatable bonds is 5. The van der Waals surface area contributed by atoms with E-state index in [-0.39, 0.29) is 6.61 Å². The normalized spacial score (nSPS) is 16.1. The summed E-state index contributed by atoms with van der Waals surface area (Å²) in [5, 5.41) is -8.50. The monoisotopic (exact) mass is 252 g/mol. The molecule has 0 aliphatic carbocycles. The van der Waals surface area contributed by atoms with Gasteiger partial charge >= 0.3 is 16.5 Å². The van der Waals surface area contributed by atoms with Crippen LogP contribution in [0.2, 0.25) is 0 Å². The number of carbonyl (C=O) groups excluding carboxylic acids is 1. The van der Waals surface area contributed by atoms with Crippen LogP contribution < -0.4 is 0 Å². The predicted octanol–water partition coefficient (Wildman–Crippen LogP) is 3.07. The first-order chi connectivity index (χ1) is 6.23. The maximum absolute atomic E-state index is 12.8. The van der Waals surface area contributed by atoms with Gasteiger partial charge in [0, 0.05) is 0 Å². The second-order valence-corrected chi connectivity index (χ2v) is 3.56. The number of unbranched alkanes of at least 4 members (excludes halogenated alkanes) is 1. The third kappa shape index (κ3) is 3.53. The van der Waals surface area contributed by atoms with Gasteiger partial charge in [-0.05, 0) is 18.0 Å². The molecular weight excluding hydrogens is 244 g/mol. The topological polar surface area (TPSA) is 26.3 Å². The lowest BCUT2D eigenvalue weighted by Crippen LogP contribution is -2.43. The SMILES string of the molecule is CCCCOC(=O)C(F)(Cl)C(F)(F)Cl. The highest BCUT2D eigenvalue weighted by atomic mass is 35.5. The van der Waals surface area contributed by atoms with Crippen molar-refractivity contribution in [3.05, 3.63) is 0 Å². The Kier molecular flexibility index (Phi) is 5.01. The van der Waals surface area contributed by atoms with Crippen molar-refractivity contribution >= 4 is 29.2 Å². The average Bonchev–Trinajstić information content (AvgIpc) is 2.02. The summed E-state index contributed by atoms with van der Waals surface area (Å²) in [6.45, 7) is 1.62. The van der Waals surface area contributed by atoms with Crippen molar-refractivity contribution < 1.29 is 22.7 Å². The Balaban J connectivity index is 4.23. The van der Waals surface area contributed by atoms with E-state index in [0.717, 1.165) is 0 Å². The van der Waals surface area contributed by atoms with E-state index in [9.17, 15) is 18.0 Å². The molecule has 0 amide bonds. The van der Waals surface area contributed by atoms with Crippen LogP contribution in [0, 0.1) is 0 Å². The van der Waals surface area contributed by atoms with Gasteiger partial charge in [-0.15, -0.1) is 0 Å². The van der Waals surface area contributed by atoms with Gasteiger partial charge in [0.25, 0.3) is 0 Å². The van der Waals surface area contributed by atoms with Gasteiger partial charge in [-0.25, -0.2) is 9.18 Å². The Hall–Kier alpha value is -0.160. The minimum absolute atomic E-state index is 0.166. The number of hydrogen-bond donors (Lipinski definition) is 0. The van der Waals surface area contributed by atoms with E-state index in [0.29, 0.717) is 12.8 Å². The molecule has 1 unspecified atom stereocenters. The van der Waals surface area contributed by atoms with Crippen LogP contribution in [0.1, 0.15) is 19.8 Å². The van der Waals surface area contributed by atoms with Crippen LogP contribution in [-0.2, 0) is 9.53 Å². The van der Waals surface area contributed by atoms with Crippen LogP contribution in [0.25, 0.3) is 0 Å². The highest BCUT2D eigenvalue weighted by molar-refractivity contribution is 6.39. The quantitative estimate of drug-likeness (QED) is 0.427. The van der Waals surface area contributed by atoms with Gasteiger partial charge in [0.05, 0.1) is 6.61 Å². The first-order valence-corrected chi connectivity index (χ1v) is 4.60. The molecule has 2 nitrogen and oxygen atoms in total. The molecule has 0 heterocycles. The van der Waals surface area contributed by atoms with Gasteiger partial charge in [-0.3, -0.25) is 0 Å². The summed E-state index contributed by atoms with van der Waals surface area (Å²) in [4.78, 5) is 10.7. The van der Waals surface area contributed by atoms with E-state index in [1.54, 1.807) is 6.92 Å². The summed E-state index contributed by atoms with van der Waals surface area (Å²) in [5.41, 5.74) is 0. The van der Waals surface area contributed by atoms with Crippen molar-refractivity contribution in [1.82, 2.24) is 0 Å². The third-order valence-electron chi connectivity index (χ3n) is 1.34. The average molecular weight is 253 g/mol. The standard InChI is InChI=1S/C7H9Cl2F3O2/c1-2-3-4-14-5(13)6(8,10)7(9,11)12/h2-4H2,1H3. The second kappa shape index (κ2) is 5.07. The number of alkyl halides is 5. The third-order valence-corrected chi connectivity index (χ3v) is 2.09. The van der Waals surface area contributed by atoms with E-state index in [1.165, 1.54) is 0 Å². The van der Waals surface area contributed by atoms with Crippen LogP contribution in [0.4, 0.5) is 13.2 Å². The van der Waals surface area contributed by atoms with Gasteiger partial charge in [-0.2, -0.15) is 8.78 Å². The van der Waals surface area contributed by atoms with E-state index in [4.69, 9.17) is 0 Å². The fourth-order valence-corrected chi connectivity index (χ4v) is 0.647. The predicted molar refractivity (Wildman–Crippen MR) is 46.4 cm³/mol. The van der Waals surface area contributed by atoms with Crippen molar-refractivity contribution in [2.45, 2.75) is 30.3 Å². The summed E-state index contributed by atoms with van der Waals surface area (Å²) in [6.07, 6.45) is 1.11. The van der Waals surface area contributed by atoms with Crippen LogP contribution in [0.3, 0.4) is 0 Å². The first-order valence-electron chi connectivity index (χ1n) is 3.85. The Labute approximate surface area is 89.3 Å². The van der Waals surface area contributed by atoms with Crippen molar-refractivity contribution in [3.63, 3.8) is 0 Å². The maximum Gasteiger partial charge on any atom is 0.380 e. The maximum atomic E-state index is 12.8. The lowest BCUT2D eigenvalue weighted by Gasteiger charge is -2.20. The molecule has 0 bridgehead atoms. The highest BCUT2D eigenvalue weighted by Crippen LogP contribution is 2.40. The summed E-state index contributed by atoms with van der Waals surface area (Å²) in [7, 11) is 0. The van der Waals surface area contributed by atoms with Crippen LogP contribution in [0.15, 0.2) is 0 Å². The molecular formula is C7H9Cl2F3O2. The van der Waals surface area contributed by atoms with Crippen molar-refractivity contribution in [1.29, 1.82) is 0 Å². The molecule has 1 atom stereocenters. The molecule has 0 radical (unpaired) electrons. The smallest absolute Gasteiger partial charge is 0.380 e. The van der Waals surface area contributed by atoms with Gasteiger partial charge in [0.1, 0.15) is 0 Å². The molecule has 0 aromatic heterocycles. The highest BCUT2D eigenvalue weighted by Gasteiger charge is 2.60. The first kappa shape index (κ1) is 13.8. The summed E-state index contributed by atoms with van der Waals surface area (Å²) in [6, 6.07) is 0. The van der Waals surface area contributed by atoms with Crippen LogP contribution in [-0.4, -0.2) is 23.1 Å². The van der Waals surface area contributed by atoms with Gasteiger partial charge in [0.15, 0.2) is 0 Å². The number of carbonyl (C=O) groups is 1. The lowest BCUT2D eigenvalue weighted by molar-refractivity contribution is -0.163. The van der Waals surface area contributed by atoms with Crippen molar-refractivity contribution in [2.24, 2.45) is 0 Å². The summed E-state index contributed by atoms with van der Waals surface area (Å²) >= 11 is 8.91. The van der Waals surface area contributed by atoms with E-state index >= 15 is 0 Å². The van der Waals surface area contributed by atoms with Crippen LogP contribution in [0.5, 0.6) is 0 Å². The summed E-state index contributed by atoms with van der Waals surface area (Å²) in [5.74, 6) is -1.87. The summed E-state index contributed by atoms with van der Waals surface area (Å²) < 4.78 is 41.4.